The summed E-state index contributed by atoms with van der Waals surface area (Å²) in [7, 11) is 1.40. The standard InChI is InChI=1S/C14H11ClF2N2O2/c1-21-13-4-7(18)2-3-12(13)19-14(20)8-5-11(17)9(15)6-10(8)16/h2-6H,18H2,1H3,(H,19,20). The molecule has 0 bridgehead atoms. The molecule has 0 fully saturated rings. The fourth-order valence-electron chi connectivity index (χ4n) is 1.70. The van der Waals surface area contributed by atoms with Crippen molar-refractivity contribution in [2.45, 2.75) is 0 Å². The number of rotatable bonds is 3. The predicted octanol–water partition coefficient (Wildman–Crippen LogP) is 3.46. The zero-order valence-corrected chi connectivity index (χ0v) is 11.7. The first kappa shape index (κ1) is 15.1. The van der Waals surface area contributed by atoms with Crippen molar-refractivity contribution in [1.29, 1.82) is 0 Å². The highest BCUT2D eigenvalue weighted by molar-refractivity contribution is 6.30. The fourth-order valence-corrected chi connectivity index (χ4v) is 1.85. The van der Waals surface area contributed by atoms with Crippen LogP contribution in [0.2, 0.25) is 5.02 Å². The summed E-state index contributed by atoms with van der Waals surface area (Å²) in [4.78, 5) is 12.0. The number of nitrogens with two attached hydrogens (primary N) is 1. The van der Waals surface area contributed by atoms with Crippen LogP contribution in [0.25, 0.3) is 0 Å². The minimum atomic E-state index is -0.923. The predicted molar refractivity (Wildman–Crippen MR) is 76.7 cm³/mol. The number of amides is 1. The van der Waals surface area contributed by atoms with Crippen molar-refractivity contribution in [2.75, 3.05) is 18.2 Å². The highest BCUT2D eigenvalue weighted by atomic mass is 35.5. The number of nitrogens with one attached hydrogen (secondary N) is 1. The summed E-state index contributed by atoms with van der Waals surface area (Å²) in [5.74, 6) is -2.33. The second-order valence-corrected chi connectivity index (χ2v) is 4.57. The zero-order chi connectivity index (χ0) is 15.6. The summed E-state index contributed by atoms with van der Waals surface area (Å²) >= 11 is 5.44. The van der Waals surface area contributed by atoms with Gasteiger partial charge < -0.3 is 15.8 Å². The van der Waals surface area contributed by atoms with Gasteiger partial charge in [-0.1, -0.05) is 11.6 Å². The first-order valence-corrected chi connectivity index (χ1v) is 6.19. The normalized spacial score (nSPS) is 10.3. The van der Waals surface area contributed by atoms with Gasteiger partial charge in [-0.15, -0.1) is 0 Å². The van der Waals surface area contributed by atoms with Crippen LogP contribution in [0.15, 0.2) is 30.3 Å². The Kier molecular flexibility index (Phi) is 4.28. The third-order valence-electron chi connectivity index (χ3n) is 2.73. The Bertz CT molecular complexity index is 708. The molecule has 2 aromatic rings. The van der Waals surface area contributed by atoms with Crippen molar-refractivity contribution in [1.82, 2.24) is 0 Å². The number of ether oxygens (including phenoxy) is 1. The number of hydrogen-bond acceptors (Lipinski definition) is 3. The van der Waals surface area contributed by atoms with E-state index >= 15 is 0 Å². The summed E-state index contributed by atoms with van der Waals surface area (Å²) in [5, 5.41) is 2.03. The minimum absolute atomic E-state index is 0.284. The van der Waals surface area contributed by atoms with Gasteiger partial charge in [0.15, 0.2) is 0 Å². The molecule has 0 heterocycles. The molecular formula is C14H11ClF2N2O2. The Morgan fingerprint density at radius 3 is 2.62 bits per heavy atom. The number of methoxy groups -OCH3 is 1. The van der Waals surface area contributed by atoms with Crippen molar-refractivity contribution in [2.24, 2.45) is 0 Å². The van der Waals surface area contributed by atoms with E-state index in [2.05, 4.69) is 5.32 Å². The second-order valence-electron chi connectivity index (χ2n) is 4.16. The van der Waals surface area contributed by atoms with Crippen LogP contribution in [0.5, 0.6) is 5.75 Å². The Hall–Kier alpha value is -2.34. The molecule has 3 N–H and O–H groups in total. The maximum absolute atomic E-state index is 13.7. The van der Waals surface area contributed by atoms with Crippen LogP contribution in [0.4, 0.5) is 20.2 Å². The maximum Gasteiger partial charge on any atom is 0.258 e. The molecule has 0 radical (unpaired) electrons. The molecule has 2 rings (SSSR count). The Morgan fingerprint density at radius 1 is 1.24 bits per heavy atom. The maximum atomic E-state index is 13.7. The summed E-state index contributed by atoms with van der Waals surface area (Å²) in [5.41, 5.74) is 5.85. The van der Waals surface area contributed by atoms with Gasteiger partial charge in [-0.25, -0.2) is 8.78 Å². The molecule has 21 heavy (non-hydrogen) atoms. The highest BCUT2D eigenvalue weighted by Gasteiger charge is 2.17. The molecule has 0 unspecified atom stereocenters. The molecule has 0 aliphatic rings. The number of benzene rings is 2. The molecule has 110 valence electrons. The first-order valence-electron chi connectivity index (χ1n) is 5.81. The van der Waals surface area contributed by atoms with Gasteiger partial charge >= 0.3 is 0 Å². The number of carbonyl (C=O) groups excluding carboxylic acids is 1. The van der Waals surface area contributed by atoms with E-state index in [9.17, 15) is 13.6 Å². The molecule has 1 amide bonds. The number of anilines is 2. The van der Waals surface area contributed by atoms with Gasteiger partial charge in [0.1, 0.15) is 17.4 Å². The summed E-state index contributed by atoms with van der Waals surface area (Å²) in [6.07, 6.45) is 0. The van der Waals surface area contributed by atoms with Crippen molar-refractivity contribution in [3.8, 4) is 5.75 Å². The van der Waals surface area contributed by atoms with E-state index in [0.29, 0.717) is 11.4 Å². The van der Waals surface area contributed by atoms with E-state index in [0.717, 1.165) is 12.1 Å². The SMILES string of the molecule is COc1cc(N)ccc1NC(=O)c1cc(F)c(Cl)cc1F. The Balaban J connectivity index is 2.32. The van der Waals surface area contributed by atoms with Gasteiger partial charge in [-0.05, 0) is 24.3 Å². The van der Waals surface area contributed by atoms with Gasteiger partial charge in [0.05, 0.1) is 23.4 Å². The van der Waals surface area contributed by atoms with Crippen LogP contribution in [-0.4, -0.2) is 13.0 Å². The minimum Gasteiger partial charge on any atom is -0.494 e. The molecule has 4 nitrogen and oxygen atoms in total. The first-order chi connectivity index (χ1) is 9.92. The van der Waals surface area contributed by atoms with E-state index in [1.807, 2.05) is 0 Å². The molecule has 7 heteroatoms. The smallest absolute Gasteiger partial charge is 0.258 e. The van der Waals surface area contributed by atoms with E-state index in [-0.39, 0.29) is 5.69 Å². The number of nitrogen functional groups attached to an aromatic ring is 1. The van der Waals surface area contributed by atoms with Crippen LogP contribution in [0.3, 0.4) is 0 Å². The number of halogens is 3. The van der Waals surface area contributed by atoms with Crippen molar-refractivity contribution in [3.05, 3.63) is 52.6 Å². The molecule has 2 aromatic carbocycles. The van der Waals surface area contributed by atoms with Gasteiger partial charge in [0.25, 0.3) is 5.91 Å². The molecule has 0 saturated heterocycles. The van der Waals surface area contributed by atoms with Gasteiger partial charge in [0, 0.05) is 11.8 Å². The third-order valence-corrected chi connectivity index (χ3v) is 3.02. The Morgan fingerprint density at radius 2 is 1.95 bits per heavy atom. The second kappa shape index (κ2) is 5.97. The van der Waals surface area contributed by atoms with Gasteiger partial charge in [-0.2, -0.15) is 0 Å². The zero-order valence-electron chi connectivity index (χ0n) is 10.9. The summed E-state index contributed by atoms with van der Waals surface area (Å²) < 4.78 is 32.1. The van der Waals surface area contributed by atoms with Crippen LogP contribution in [0.1, 0.15) is 10.4 Å². The molecule has 0 aromatic heterocycles. The quantitative estimate of drug-likeness (QED) is 0.674. The average molecular weight is 313 g/mol. The molecule has 0 saturated carbocycles. The van der Waals surface area contributed by atoms with Crippen molar-refractivity contribution in [3.63, 3.8) is 0 Å². The van der Waals surface area contributed by atoms with Crippen molar-refractivity contribution >= 4 is 28.9 Å². The summed E-state index contributed by atoms with van der Waals surface area (Å²) in [6, 6.07) is 6.00. The van der Waals surface area contributed by atoms with Crippen LogP contribution in [0, 0.1) is 11.6 Å². The lowest BCUT2D eigenvalue weighted by atomic mass is 10.1. The summed E-state index contributed by atoms with van der Waals surface area (Å²) in [6.45, 7) is 0. The van der Waals surface area contributed by atoms with E-state index in [1.54, 1.807) is 0 Å². The molecule has 0 aliphatic heterocycles. The molecule has 0 aliphatic carbocycles. The average Bonchev–Trinajstić information content (AvgIpc) is 2.44. The molecule has 0 spiro atoms. The molecular weight excluding hydrogens is 302 g/mol. The Labute approximate surface area is 124 Å². The van der Waals surface area contributed by atoms with Crippen LogP contribution < -0.4 is 15.8 Å². The lowest BCUT2D eigenvalue weighted by Crippen LogP contribution is -2.15. The van der Waals surface area contributed by atoms with E-state index < -0.39 is 28.1 Å². The van der Waals surface area contributed by atoms with Crippen molar-refractivity contribution < 1.29 is 18.3 Å². The topological polar surface area (TPSA) is 64.3 Å². The number of hydrogen-bond donors (Lipinski definition) is 2. The number of carbonyl (C=O) groups is 1. The lowest BCUT2D eigenvalue weighted by Gasteiger charge is -2.11. The fraction of sp³-hybridized carbons (Fsp3) is 0.0714. The largest absolute Gasteiger partial charge is 0.494 e. The lowest BCUT2D eigenvalue weighted by molar-refractivity contribution is 0.102. The third kappa shape index (κ3) is 3.22. The van der Waals surface area contributed by atoms with Gasteiger partial charge in [0.2, 0.25) is 0 Å². The highest BCUT2D eigenvalue weighted by Crippen LogP contribution is 2.28. The molecule has 0 atom stereocenters. The van der Waals surface area contributed by atoms with Gasteiger partial charge in [-0.3, -0.25) is 4.79 Å². The van der Waals surface area contributed by atoms with Crippen LogP contribution in [-0.2, 0) is 0 Å². The van der Waals surface area contributed by atoms with E-state index in [1.165, 1.54) is 25.3 Å². The van der Waals surface area contributed by atoms with E-state index in [4.69, 9.17) is 22.1 Å². The monoisotopic (exact) mass is 312 g/mol. The van der Waals surface area contributed by atoms with Crippen LogP contribution >= 0.6 is 11.6 Å².